The molecule has 0 saturated heterocycles. The number of nitrogens with one attached hydrogen (secondary N) is 1. The monoisotopic (exact) mass is 320 g/mol. The molecule has 0 spiro atoms. The molecule has 2 aromatic heterocycles. The molecule has 1 amide bonds. The summed E-state index contributed by atoms with van der Waals surface area (Å²) < 4.78 is 5.32. The molecule has 1 N–H and O–H groups in total. The second-order valence-corrected chi connectivity index (χ2v) is 5.82. The van der Waals surface area contributed by atoms with Crippen LogP contribution < -0.4 is 5.32 Å². The average Bonchev–Trinajstić information content (AvgIpc) is 3.03. The van der Waals surface area contributed by atoms with Crippen LogP contribution in [0.2, 0.25) is 5.15 Å². The fourth-order valence-electron chi connectivity index (χ4n) is 2.63. The molecule has 2 heterocycles. The van der Waals surface area contributed by atoms with Gasteiger partial charge >= 0.3 is 0 Å². The van der Waals surface area contributed by atoms with E-state index in [1.54, 1.807) is 12.1 Å². The van der Waals surface area contributed by atoms with Crippen molar-refractivity contribution in [3.05, 3.63) is 40.8 Å². The van der Waals surface area contributed by atoms with Gasteiger partial charge in [0.25, 0.3) is 5.91 Å². The smallest absolute Gasteiger partial charge is 0.253 e. The Labute approximate surface area is 133 Å². The van der Waals surface area contributed by atoms with E-state index in [2.05, 4.69) is 20.4 Å². The fourth-order valence-corrected chi connectivity index (χ4v) is 2.74. The van der Waals surface area contributed by atoms with Crippen molar-refractivity contribution in [2.75, 3.05) is 0 Å². The van der Waals surface area contributed by atoms with Crippen molar-refractivity contribution >= 4 is 17.5 Å². The number of rotatable bonds is 4. The molecule has 0 aliphatic heterocycles. The highest BCUT2D eigenvalue weighted by Gasteiger charge is 2.21. The second kappa shape index (κ2) is 6.87. The van der Waals surface area contributed by atoms with E-state index in [1.165, 1.54) is 25.5 Å². The first-order valence-electron chi connectivity index (χ1n) is 7.44. The van der Waals surface area contributed by atoms with Crippen LogP contribution in [0, 0.1) is 0 Å². The number of aromatic nitrogens is 3. The maximum absolute atomic E-state index is 12.0. The Kier molecular flexibility index (Phi) is 4.68. The summed E-state index contributed by atoms with van der Waals surface area (Å²) in [5.74, 6) is 1.31. The van der Waals surface area contributed by atoms with Gasteiger partial charge in [-0.25, -0.2) is 4.98 Å². The molecule has 1 fully saturated rings. The molecular formula is C15H17ClN4O2. The number of hydrogen-bond acceptors (Lipinski definition) is 5. The Morgan fingerprint density at radius 2 is 2.14 bits per heavy atom. The lowest BCUT2D eigenvalue weighted by molar-refractivity contribution is 0.0949. The van der Waals surface area contributed by atoms with Crippen molar-refractivity contribution in [2.45, 2.75) is 44.6 Å². The number of carbonyl (C=O) groups is 1. The van der Waals surface area contributed by atoms with Crippen molar-refractivity contribution < 1.29 is 9.32 Å². The van der Waals surface area contributed by atoms with Crippen molar-refractivity contribution in [1.82, 2.24) is 20.4 Å². The Morgan fingerprint density at radius 3 is 2.86 bits per heavy atom. The van der Waals surface area contributed by atoms with E-state index < -0.39 is 0 Å². The minimum Gasteiger partial charge on any atom is -0.345 e. The van der Waals surface area contributed by atoms with Gasteiger partial charge in [-0.3, -0.25) is 4.79 Å². The average molecular weight is 321 g/mol. The summed E-state index contributed by atoms with van der Waals surface area (Å²) in [7, 11) is 0. The van der Waals surface area contributed by atoms with Crippen molar-refractivity contribution in [1.29, 1.82) is 0 Å². The Bertz CT molecular complexity index is 635. The molecular weight excluding hydrogens is 304 g/mol. The van der Waals surface area contributed by atoms with Gasteiger partial charge in [0.2, 0.25) is 5.89 Å². The van der Waals surface area contributed by atoms with Crippen LogP contribution in [0.15, 0.2) is 22.9 Å². The molecule has 1 aliphatic rings. The van der Waals surface area contributed by atoms with E-state index in [-0.39, 0.29) is 12.5 Å². The highest BCUT2D eigenvalue weighted by molar-refractivity contribution is 6.29. The number of amides is 1. The summed E-state index contributed by atoms with van der Waals surface area (Å²) in [4.78, 5) is 20.2. The molecule has 0 bridgehead atoms. The predicted molar refractivity (Wildman–Crippen MR) is 80.5 cm³/mol. The van der Waals surface area contributed by atoms with Crippen LogP contribution in [-0.4, -0.2) is 21.0 Å². The summed E-state index contributed by atoms with van der Waals surface area (Å²) in [5.41, 5.74) is 0.445. The zero-order valence-electron chi connectivity index (χ0n) is 12.1. The first-order chi connectivity index (χ1) is 10.7. The molecule has 0 atom stereocenters. The normalized spacial score (nSPS) is 15.7. The van der Waals surface area contributed by atoms with Crippen LogP contribution in [-0.2, 0) is 6.54 Å². The summed E-state index contributed by atoms with van der Waals surface area (Å²) in [6.07, 6.45) is 7.34. The van der Waals surface area contributed by atoms with Crippen molar-refractivity contribution in [3.8, 4) is 0 Å². The lowest BCUT2D eigenvalue weighted by Gasteiger charge is -2.17. The maximum atomic E-state index is 12.0. The van der Waals surface area contributed by atoms with Crippen LogP contribution >= 0.6 is 11.6 Å². The molecule has 0 unspecified atom stereocenters. The first-order valence-corrected chi connectivity index (χ1v) is 7.82. The Hall–Kier alpha value is -1.95. The minimum absolute atomic E-state index is 0.234. The fraction of sp³-hybridized carbons (Fsp3) is 0.467. The molecule has 22 heavy (non-hydrogen) atoms. The predicted octanol–water partition coefficient (Wildman–Crippen LogP) is 3.10. The van der Waals surface area contributed by atoms with E-state index in [1.807, 2.05) is 0 Å². The largest absolute Gasteiger partial charge is 0.345 e. The topological polar surface area (TPSA) is 80.9 Å². The zero-order valence-corrected chi connectivity index (χ0v) is 12.8. The summed E-state index contributed by atoms with van der Waals surface area (Å²) in [6.45, 7) is 0.234. The van der Waals surface area contributed by atoms with Gasteiger partial charge in [-0.1, -0.05) is 36.0 Å². The Morgan fingerprint density at radius 1 is 1.32 bits per heavy atom. The molecule has 0 aromatic carbocycles. The third kappa shape index (κ3) is 3.62. The SMILES string of the molecule is O=C(NCc1noc(C2CCCCC2)n1)c1ccc(Cl)nc1. The van der Waals surface area contributed by atoms with E-state index in [4.69, 9.17) is 16.1 Å². The second-order valence-electron chi connectivity index (χ2n) is 5.44. The highest BCUT2D eigenvalue weighted by atomic mass is 35.5. The van der Waals surface area contributed by atoms with Gasteiger partial charge in [0.1, 0.15) is 5.15 Å². The molecule has 1 aliphatic carbocycles. The third-order valence-corrected chi connectivity index (χ3v) is 4.06. The van der Waals surface area contributed by atoms with Gasteiger partial charge in [-0.05, 0) is 25.0 Å². The third-order valence-electron chi connectivity index (χ3n) is 3.83. The number of carbonyl (C=O) groups excluding carboxylic acids is 1. The number of hydrogen-bond donors (Lipinski definition) is 1. The van der Waals surface area contributed by atoms with Crippen molar-refractivity contribution in [3.63, 3.8) is 0 Å². The van der Waals surface area contributed by atoms with Crippen LogP contribution in [0.5, 0.6) is 0 Å². The highest BCUT2D eigenvalue weighted by Crippen LogP contribution is 2.31. The summed E-state index contributed by atoms with van der Waals surface area (Å²) in [6, 6.07) is 3.19. The van der Waals surface area contributed by atoms with Crippen LogP contribution in [0.25, 0.3) is 0 Å². The van der Waals surface area contributed by atoms with Gasteiger partial charge in [0, 0.05) is 12.1 Å². The zero-order chi connectivity index (χ0) is 15.4. The van der Waals surface area contributed by atoms with E-state index in [0.717, 1.165) is 12.8 Å². The van der Waals surface area contributed by atoms with Gasteiger partial charge in [0.15, 0.2) is 5.82 Å². The Balaban J connectivity index is 1.56. The quantitative estimate of drug-likeness (QED) is 0.875. The molecule has 116 valence electrons. The summed E-state index contributed by atoms with van der Waals surface area (Å²) >= 11 is 5.69. The minimum atomic E-state index is -0.242. The lowest BCUT2D eigenvalue weighted by Crippen LogP contribution is -2.23. The molecule has 1 saturated carbocycles. The van der Waals surface area contributed by atoms with Crippen LogP contribution in [0.3, 0.4) is 0 Å². The van der Waals surface area contributed by atoms with Crippen LogP contribution in [0.1, 0.15) is 60.1 Å². The van der Waals surface area contributed by atoms with E-state index >= 15 is 0 Å². The molecule has 0 radical (unpaired) electrons. The van der Waals surface area contributed by atoms with Crippen molar-refractivity contribution in [2.24, 2.45) is 0 Å². The number of nitrogens with zero attached hydrogens (tertiary/aromatic N) is 3. The maximum Gasteiger partial charge on any atom is 0.253 e. The summed E-state index contributed by atoms with van der Waals surface area (Å²) in [5, 5.41) is 7.03. The van der Waals surface area contributed by atoms with E-state index in [9.17, 15) is 4.79 Å². The molecule has 2 aromatic rings. The number of halogens is 1. The van der Waals surface area contributed by atoms with E-state index in [0.29, 0.717) is 28.3 Å². The van der Waals surface area contributed by atoms with Crippen LogP contribution in [0.4, 0.5) is 0 Å². The molecule has 7 heteroatoms. The van der Waals surface area contributed by atoms with Gasteiger partial charge in [0.05, 0.1) is 12.1 Å². The molecule has 3 rings (SSSR count). The first kappa shape index (κ1) is 15.0. The van der Waals surface area contributed by atoms with Gasteiger partial charge in [-0.2, -0.15) is 4.98 Å². The lowest BCUT2D eigenvalue weighted by atomic mass is 9.89. The van der Waals surface area contributed by atoms with Gasteiger partial charge in [-0.15, -0.1) is 0 Å². The number of pyridine rings is 1. The standard InChI is InChI=1S/C15H17ClN4O2/c16-12-7-6-11(8-17-12)14(21)18-9-13-19-15(22-20-13)10-4-2-1-3-5-10/h6-8,10H,1-5,9H2,(H,18,21). The molecule has 6 nitrogen and oxygen atoms in total. The van der Waals surface area contributed by atoms with Gasteiger partial charge < -0.3 is 9.84 Å².